The summed E-state index contributed by atoms with van der Waals surface area (Å²) < 4.78 is 16.6. The third kappa shape index (κ3) is 2.90. The van der Waals surface area contributed by atoms with Crippen molar-refractivity contribution in [2.24, 2.45) is 11.8 Å². The van der Waals surface area contributed by atoms with E-state index in [2.05, 4.69) is 9.80 Å². The van der Waals surface area contributed by atoms with Crippen molar-refractivity contribution >= 4 is 5.91 Å². The fourth-order valence-corrected chi connectivity index (χ4v) is 4.60. The minimum Gasteiger partial charge on any atom is -0.496 e. The maximum Gasteiger partial charge on any atom is 0.231 e. The van der Waals surface area contributed by atoms with Gasteiger partial charge in [-0.1, -0.05) is 0 Å². The predicted octanol–water partition coefficient (Wildman–Crippen LogP) is 2.26. The lowest BCUT2D eigenvalue weighted by Crippen LogP contribution is -2.48. The zero-order valence-electron chi connectivity index (χ0n) is 15.3. The number of rotatable bonds is 5. The molecule has 4 aliphatic heterocycles. The summed E-state index contributed by atoms with van der Waals surface area (Å²) in [7, 11) is 1.69. The highest BCUT2D eigenvalue weighted by Gasteiger charge is 2.42. The lowest BCUT2D eigenvalue weighted by atomic mass is 9.94. The number of methoxy groups -OCH3 is 1. The van der Waals surface area contributed by atoms with Gasteiger partial charge in [0, 0.05) is 43.9 Å². The van der Waals surface area contributed by atoms with E-state index in [1.807, 2.05) is 12.1 Å². The molecule has 1 aliphatic carbocycles. The Balaban J connectivity index is 1.36. The molecule has 0 N–H and O–H groups in total. The van der Waals surface area contributed by atoms with Gasteiger partial charge in [-0.25, -0.2) is 0 Å². The number of carbonyl (C=O) groups excluding carboxylic acids is 1. The number of piperidine rings is 1. The summed E-state index contributed by atoms with van der Waals surface area (Å²) in [5.74, 6) is 3.63. The van der Waals surface area contributed by atoms with Crippen LogP contribution in [-0.4, -0.2) is 55.3 Å². The average Bonchev–Trinajstić information content (AvgIpc) is 3.40. The summed E-state index contributed by atoms with van der Waals surface area (Å²) in [6.45, 7) is 3.81. The quantitative estimate of drug-likeness (QED) is 0.808. The highest BCUT2D eigenvalue weighted by atomic mass is 16.7. The van der Waals surface area contributed by atoms with Crippen LogP contribution < -0.4 is 14.2 Å². The maximum absolute atomic E-state index is 12.9. The van der Waals surface area contributed by atoms with Crippen LogP contribution in [0.2, 0.25) is 0 Å². The van der Waals surface area contributed by atoms with Gasteiger partial charge in [0.25, 0.3) is 0 Å². The van der Waals surface area contributed by atoms with E-state index < -0.39 is 0 Å². The molecule has 1 aromatic carbocycles. The SMILES string of the molecule is COc1cc2c(cc1CN1C[C@@H]3CC[C@H](C1)N(CC1CC1)C3=O)OCO2. The Morgan fingerprint density at radius 2 is 1.92 bits per heavy atom. The van der Waals surface area contributed by atoms with Crippen LogP contribution in [0.3, 0.4) is 0 Å². The first-order valence-corrected chi connectivity index (χ1v) is 9.70. The van der Waals surface area contributed by atoms with Crippen molar-refractivity contribution in [3.63, 3.8) is 0 Å². The first-order chi connectivity index (χ1) is 12.7. The minimum absolute atomic E-state index is 0.146. The summed E-state index contributed by atoms with van der Waals surface area (Å²) in [6.07, 6.45) is 4.75. The van der Waals surface area contributed by atoms with E-state index in [1.54, 1.807) is 7.11 Å². The molecule has 1 amide bonds. The van der Waals surface area contributed by atoms with Crippen molar-refractivity contribution in [3.05, 3.63) is 17.7 Å². The van der Waals surface area contributed by atoms with Gasteiger partial charge in [0.2, 0.25) is 12.7 Å². The van der Waals surface area contributed by atoms with Gasteiger partial charge in [-0.3, -0.25) is 9.69 Å². The largest absolute Gasteiger partial charge is 0.496 e. The Kier molecular flexibility index (Phi) is 3.96. The van der Waals surface area contributed by atoms with E-state index in [1.165, 1.54) is 12.8 Å². The molecule has 2 atom stereocenters. The zero-order chi connectivity index (χ0) is 17.7. The minimum atomic E-state index is 0.146. The van der Waals surface area contributed by atoms with Gasteiger partial charge in [-0.15, -0.1) is 0 Å². The van der Waals surface area contributed by atoms with Crippen LogP contribution in [0.5, 0.6) is 17.2 Å². The Morgan fingerprint density at radius 1 is 1.12 bits per heavy atom. The first kappa shape index (κ1) is 16.2. The van der Waals surface area contributed by atoms with E-state index in [4.69, 9.17) is 14.2 Å². The van der Waals surface area contributed by atoms with Gasteiger partial charge in [0.15, 0.2) is 11.5 Å². The molecule has 4 heterocycles. The number of ether oxygens (including phenoxy) is 3. The Morgan fingerprint density at radius 3 is 2.69 bits per heavy atom. The molecule has 0 unspecified atom stereocenters. The molecule has 0 spiro atoms. The fraction of sp³-hybridized carbons (Fsp3) is 0.650. The van der Waals surface area contributed by atoms with Crippen LogP contribution in [0.4, 0.5) is 0 Å². The zero-order valence-corrected chi connectivity index (χ0v) is 15.3. The van der Waals surface area contributed by atoms with Crippen molar-refractivity contribution in [2.75, 3.05) is 33.5 Å². The number of carbonyl (C=O) groups is 1. The number of fused-ring (bicyclic) bond motifs is 5. The summed E-state index contributed by atoms with van der Waals surface area (Å²) in [5, 5.41) is 0. The highest BCUT2D eigenvalue weighted by Crippen LogP contribution is 2.40. The molecule has 6 heteroatoms. The molecule has 0 aromatic heterocycles. The van der Waals surface area contributed by atoms with E-state index in [0.29, 0.717) is 11.9 Å². The monoisotopic (exact) mass is 358 g/mol. The molecule has 26 heavy (non-hydrogen) atoms. The van der Waals surface area contributed by atoms with Crippen LogP contribution in [-0.2, 0) is 11.3 Å². The van der Waals surface area contributed by atoms with Crippen molar-refractivity contribution in [1.82, 2.24) is 9.80 Å². The van der Waals surface area contributed by atoms with Crippen molar-refractivity contribution < 1.29 is 19.0 Å². The van der Waals surface area contributed by atoms with E-state index in [9.17, 15) is 4.79 Å². The molecule has 2 bridgehead atoms. The van der Waals surface area contributed by atoms with Gasteiger partial charge in [0.1, 0.15) is 5.75 Å². The predicted molar refractivity (Wildman–Crippen MR) is 95.3 cm³/mol. The molecule has 4 fully saturated rings. The van der Waals surface area contributed by atoms with E-state index in [0.717, 1.165) is 67.8 Å². The number of hydrogen-bond acceptors (Lipinski definition) is 5. The lowest BCUT2D eigenvalue weighted by Gasteiger charge is -2.36. The lowest BCUT2D eigenvalue weighted by molar-refractivity contribution is -0.140. The van der Waals surface area contributed by atoms with Crippen molar-refractivity contribution in [3.8, 4) is 17.2 Å². The number of amides is 1. The van der Waals surface area contributed by atoms with E-state index in [-0.39, 0.29) is 12.7 Å². The molecular weight excluding hydrogens is 332 g/mol. The smallest absolute Gasteiger partial charge is 0.231 e. The molecule has 5 aliphatic rings. The Hall–Kier alpha value is -1.95. The molecule has 1 aromatic rings. The third-order valence-electron chi connectivity index (χ3n) is 6.19. The first-order valence-electron chi connectivity index (χ1n) is 9.70. The van der Waals surface area contributed by atoms with Crippen LogP contribution in [0, 0.1) is 11.8 Å². The number of benzene rings is 1. The van der Waals surface area contributed by atoms with Crippen LogP contribution in [0.15, 0.2) is 12.1 Å². The van der Waals surface area contributed by atoms with Crippen molar-refractivity contribution in [2.45, 2.75) is 38.3 Å². The van der Waals surface area contributed by atoms with Crippen LogP contribution in [0.25, 0.3) is 0 Å². The highest BCUT2D eigenvalue weighted by molar-refractivity contribution is 5.80. The van der Waals surface area contributed by atoms with Crippen LogP contribution in [0.1, 0.15) is 31.2 Å². The van der Waals surface area contributed by atoms with Gasteiger partial charge in [-0.2, -0.15) is 0 Å². The Bertz CT molecular complexity index is 718. The summed E-state index contributed by atoms with van der Waals surface area (Å²) in [6, 6.07) is 4.30. The molecule has 6 rings (SSSR count). The van der Waals surface area contributed by atoms with Gasteiger partial charge in [-0.05, 0) is 37.7 Å². The Labute approximate surface area is 154 Å². The molecule has 1 saturated carbocycles. The maximum atomic E-state index is 12.9. The third-order valence-corrected chi connectivity index (χ3v) is 6.19. The normalized spacial score (nSPS) is 27.7. The topological polar surface area (TPSA) is 51.2 Å². The summed E-state index contributed by atoms with van der Waals surface area (Å²) >= 11 is 0. The van der Waals surface area contributed by atoms with Gasteiger partial charge >= 0.3 is 0 Å². The van der Waals surface area contributed by atoms with Gasteiger partial charge < -0.3 is 19.1 Å². The fourth-order valence-electron chi connectivity index (χ4n) is 4.60. The standard InChI is InChI=1S/C20H26N2O4/c1-24-17-7-19-18(25-12-26-19)6-15(17)10-21-9-14-4-5-16(11-21)22(20(14)23)8-13-2-3-13/h6-7,13-14,16H,2-5,8-12H2,1H3/t14-,16+/m0/s1. The van der Waals surface area contributed by atoms with Gasteiger partial charge in [0.05, 0.1) is 13.0 Å². The average molecular weight is 358 g/mol. The number of hydrogen-bond donors (Lipinski definition) is 0. The van der Waals surface area contributed by atoms with Crippen LogP contribution >= 0.6 is 0 Å². The summed E-state index contributed by atoms with van der Waals surface area (Å²) in [5.41, 5.74) is 1.10. The van der Waals surface area contributed by atoms with E-state index >= 15 is 0 Å². The number of nitrogens with zero attached hydrogens (tertiary/aromatic N) is 2. The van der Waals surface area contributed by atoms with Crippen molar-refractivity contribution in [1.29, 1.82) is 0 Å². The second-order valence-corrected chi connectivity index (χ2v) is 8.07. The second kappa shape index (κ2) is 6.34. The summed E-state index contributed by atoms with van der Waals surface area (Å²) in [4.78, 5) is 17.5. The molecule has 0 radical (unpaired) electrons. The second-order valence-electron chi connectivity index (χ2n) is 8.07. The molecule has 140 valence electrons. The molecule has 6 nitrogen and oxygen atoms in total. The molecular formula is C20H26N2O4. The molecule has 3 saturated heterocycles.